The first-order valence-electron chi connectivity index (χ1n) is 8.53. The molecule has 0 radical (unpaired) electrons. The molecule has 1 saturated carbocycles. The van der Waals surface area contributed by atoms with E-state index in [1.165, 1.54) is 25.7 Å². The van der Waals surface area contributed by atoms with Gasteiger partial charge in [0.2, 0.25) is 11.8 Å². The van der Waals surface area contributed by atoms with Crippen LogP contribution in [0.5, 0.6) is 5.75 Å². The Kier molecular flexibility index (Phi) is 5.18. The molecule has 128 valence electrons. The summed E-state index contributed by atoms with van der Waals surface area (Å²) in [5.41, 5.74) is 1.57. The molecule has 1 heterocycles. The van der Waals surface area contributed by atoms with Crippen molar-refractivity contribution < 1.29 is 13.9 Å². The lowest BCUT2D eigenvalue weighted by atomic mass is 10.1. The minimum absolute atomic E-state index is 0.0135. The van der Waals surface area contributed by atoms with E-state index in [2.05, 4.69) is 10.3 Å². The zero-order chi connectivity index (χ0) is 16.9. The third-order valence-corrected chi connectivity index (χ3v) is 4.62. The predicted octanol–water partition coefficient (Wildman–Crippen LogP) is 3.51. The molecular formula is C19H24N2O3. The standard InChI is InChI=1S/C19H24N2O3/c1-13-17(11-18(22)20-12-14-5-3-4-6-14)21-19(24-13)15-7-9-16(23-2)10-8-15/h7-10,14H,3-6,11-12H2,1-2H3,(H,20,22). The molecule has 0 spiro atoms. The van der Waals surface area contributed by atoms with Crippen LogP contribution in [0.1, 0.15) is 37.1 Å². The van der Waals surface area contributed by atoms with Gasteiger partial charge in [-0.05, 0) is 49.9 Å². The average Bonchev–Trinajstić information content (AvgIpc) is 3.23. The van der Waals surface area contributed by atoms with Gasteiger partial charge in [-0.1, -0.05) is 12.8 Å². The van der Waals surface area contributed by atoms with Crippen molar-refractivity contribution in [2.45, 2.75) is 39.0 Å². The number of hydrogen-bond acceptors (Lipinski definition) is 4. The smallest absolute Gasteiger partial charge is 0.226 e. The fourth-order valence-electron chi connectivity index (χ4n) is 3.14. The van der Waals surface area contributed by atoms with Gasteiger partial charge in [-0.2, -0.15) is 0 Å². The van der Waals surface area contributed by atoms with Crippen LogP contribution in [-0.4, -0.2) is 24.5 Å². The summed E-state index contributed by atoms with van der Waals surface area (Å²) < 4.78 is 10.9. The fraction of sp³-hybridized carbons (Fsp3) is 0.474. The minimum Gasteiger partial charge on any atom is -0.497 e. The van der Waals surface area contributed by atoms with Gasteiger partial charge in [0.1, 0.15) is 11.5 Å². The van der Waals surface area contributed by atoms with Gasteiger partial charge in [-0.15, -0.1) is 0 Å². The molecule has 1 aromatic carbocycles. The average molecular weight is 328 g/mol. The monoisotopic (exact) mass is 328 g/mol. The van der Waals surface area contributed by atoms with E-state index in [-0.39, 0.29) is 12.3 Å². The Labute approximate surface area is 142 Å². The molecule has 5 heteroatoms. The van der Waals surface area contributed by atoms with Gasteiger partial charge < -0.3 is 14.5 Å². The Morgan fingerprint density at radius 3 is 2.67 bits per heavy atom. The Balaban J connectivity index is 1.61. The first-order valence-corrected chi connectivity index (χ1v) is 8.53. The molecule has 0 saturated heterocycles. The van der Waals surface area contributed by atoms with E-state index in [1.807, 2.05) is 31.2 Å². The zero-order valence-corrected chi connectivity index (χ0v) is 14.3. The lowest BCUT2D eigenvalue weighted by Gasteiger charge is -2.09. The number of carbonyl (C=O) groups is 1. The Morgan fingerprint density at radius 2 is 2.00 bits per heavy atom. The number of nitrogens with one attached hydrogen (secondary N) is 1. The molecule has 0 bridgehead atoms. The zero-order valence-electron chi connectivity index (χ0n) is 14.3. The van der Waals surface area contributed by atoms with Crippen LogP contribution in [-0.2, 0) is 11.2 Å². The van der Waals surface area contributed by atoms with Crippen LogP contribution in [0.4, 0.5) is 0 Å². The van der Waals surface area contributed by atoms with Gasteiger partial charge in [0.15, 0.2) is 0 Å². The molecule has 0 unspecified atom stereocenters. The van der Waals surface area contributed by atoms with Gasteiger partial charge in [0.25, 0.3) is 0 Å². The second-order valence-corrected chi connectivity index (χ2v) is 6.38. The molecule has 2 aromatic rings. The Morgan fingerprint density at radius 1 is 1.29 bits per heavy atom. The maximum Gasteiger partial charge on any atom is 0.226 e. The lowest BCUT2D eigenvalue weighted by molar-refractivity contribution is -0.120. The van der Waals surface area contributed by atoms with Gasteiger partial charge in [-0.3, -0.25) is 4.79 Å². The molecule has 1 aromatic heterocycles. The molecule has 5 nitrogen and oxygen atoms in total. The molecule has 0 atom stereocenters. The lowest BCUT2D eigenvalue weighted by Crippen LogP contribution is -2.29. The molecule has 1 fully saturated rings. The van der Waals surface area contributed by atoms with E-state index in [0.29, 0.717) is 23.3 Å². The molecule has 0 aliphatic heterocycles. The Hall–Kier alpha value is -2.30. The maximum atomic E-state index is 12.1. The van der Waals surface area contributed by atoms with Crippen molar-refractivity contribution in [3.05, 3.63) is 35.7 Å². The molecule has 1 amide bonds. The first kappa shape index (κ1) is 16.6. The number of carbonyl (C=O) groups excluding carboxylic acids is 1. The summed E-state index contributed by atoms with van der Waals surface area (Å²) in [7, 11) is 1.63. The van der Waals surface area contributed by atoms with Crippen LogP contribution in [0.25, 0.3) is 11.5 Å². The first-order chi connectivity index (χ1) is 11.7. The third kappa shape index (κ3) is 3.96. The molecule has 1 aliphatic carbocycles. The van der Waals surface area contributed by atoms with Crippen molar-refractivity contribution in [1.29, 1.82) is 0 Å². The van der Waals surface area contributed by atoms with E-state index in [4.69, 9.17) is 9.15 Å². The summed E-state index contributed by atoms with van der Waals surface area (Å²) in [6, 6.07) is 7.52. The van der Waals surface area contributed by atoms with Crippen molar-refractivity contribution >= 4 is 5.91 Å². The van der Waals surface area contributed by atoms with Gasteiger partial charge in [0.05, 0.1) is 19.2 Å². The van der Waals surface area contributed by atoms with Crippen LogP contribution < -0.4 is 10.1 Å². The predicted molar refractivity (Wildman–Crippen MR) is 91.9 cm³/mol. The van der Waals surface area contributed by atoms with Crippen molar-refractivity contribution in [3.8, 4) is 17.2 Å². The van der Waals surface area contributed by atoms with Crippen LogP contribution in [0.3, 0.4) is 0 Å². The molecular weight excluding hydrogens is 304 g/mol. The van der Waals surface area contributed by atoms with Crippen molar-refractivity contribution in [2.24, 2.45) is 5.92 Å². The highest BCUT2D eigenvalue weighted by atomic mass is 16.5. The Bertz CT molecular complexity index is 685. The molecule has 24 heavy (non-hydrogen) atoms. The van der Waals surface area contributed by atoms with Crippen LogP contribution in [0.2, 0.25) is 0 Å². The normalized spacial score (nSPS) is 14.8. The number of hydrogen-bond donors (Lipinski definition) is 1. The number of aryl methyl sites for hydroxylation is 1. The van der Waals surface area contributed by atoms with Gasteiger partial charge in [0, 0.05) is 12.1 Å². The highest BCUT2D eigenvalue weighted by Gasteiger charge is 2.18. The summed E-state index contributed by atoms with van der Waals surface area (Å²) in [5.74, 6) is 2.67. The number of amides is 1. The van der Waals surface area contributed by atoms with Gasteiger partial charge >= 0.3 is 0 Å². The summed E-state index contributed by atoms with van der Waals surface area (Å²) in [6.07, 6.45) is 5.29. The quantitative estimate of drug-likeness (QED) is 0.881. The van der Waals surface area contributed by atoms with E-state index in [9.17, 15) is 4.79 Å². The van der Waals surface area contributed by atoms with E-state index in [1.54, 1.807) is 7.11 Å². The summed E-state index contributed by atoms with van der Waals surface area (Å²) >= 11 is 0. The highest BCUT2D eigenvalue weighted by molar-refractivity contribution is 5.78. The maximum absolute atomic E-state index is 12.1. The third-order valence-electron chi connectivity index (χ3n) is 4.62. The number of rotatable bonds is 6. The SMILES string of the molecule is COc1ccc(-c2nc(CC(=O)NCC3CCCC3)c(C)o2)cc1. The highest BCUT2D eigenvalue weighted by Crippen LogP contribution is 2.25. The topological polar surface area (TPSA) is 64.4 Å². The summed E-state index contributed by atoms with van der Waals surface area (Å²) in [4.78, 5) is 16.6. The molecule has 3 rings (SSSR count). The van der Waals surface area contributed by atoms with Crippen molar-refractivity contribution in [3.63, 3.8) is 0 Å². The molecule has 1 N–H and O–H groups in total. The van der Waals surface area contributed by atoms with Crippen molar-refractivity contribution in [2.75, 3.05) is 13.7 Å². The number of nitrogens with zero attached hydrogens (tertiary/aromatic N) is 1. The van der Waals surface area contributed by atoms with Crippen LogP contribution >= 0.6 is 0 Å². The number of aromatic nitrogens is 1. The number of methoxy groups -OCH3 is 1. The van der Waals surface area contributed by atoms with Gasteiger partial charge in [-0.25, -0.2) is 4.98 Å². The van der Waals surface area contributed by atoms with Crippen LogP contribution in [0, 0.1) is 12.8 Å². The minimum atomic E-state index is 0.0135. The number of benzene rings is 1. The number of oxazole rings is 1. The summed E-state index contributed by atoms with van der Waals surface area (Å²) in [5, 5.41) is 3.03. The summed E-state index contributed by atoms with van der Waals surface area (Å²) in [6.45, 7) is 2.63. The van der Waals surface area contributed by atoms with Crippen molar-refractivity contribution in [1.82, 2.24) is 10.3 Å². The fourth-order valence-corrected chi connectivity index (χ4v) is 3.14. The molecule has 1 aliphatic rings. The van der Waals surface area contributed by atoms with E-state index < -0.39 is 0 Å². The van der Waals surface area contributed by atoms with Crippen LogP contribution in [0.15, 0.2) is 28.7 Å². The van der Waals surface area contributed by atoms with E-state index in [0.717, 1.165) is 17.9 Å². The number of ether oxygens (including phenoxy) is 1. The second kappa shape index (κ2) is 7.51. The largest absolute Gasteiger partial charge is 0.497 e. The second-order valence-electron chi connectivity index (χ2n) is 6.38. The van der Waals surface area contributed by atoms with E-state index >= 15 is 0 Å².